The largest absolute Gasteiger partial charge is 0.369 e. The van der Waals surface area contributed by atoms with E-state index in [-0.39, 0.29) is 17.9 Å². The van der Waals surface area contributed by atoms with Crippen LogP contribution in [0.4, 0.5) is 5.69 Å². The van der Waals surface area contributed by atoms with Crippen molar-refractivity contribution in [2.24, 2.45) is 0 Å². The van der Waals surface area contributed by atoms with Gasteiger partial charge in [0.2, 0.25) is 11.8 Å². The Morgan fingerprint density at radius 2 is 1.90 bits per heavy atom. The minimum atomic E-state index is 0.0960. The fraction of sp³-hybridized carbons (Fsp3) is 0.652. The molecule has 2 fully saturated rings. The molecule has 1 unspecified atom stereocenters. The molecular formula is C23H36N4O2. The van der Waals surface area contributed by atoms with E-state index in [0.29, 0.717) is 19.4 Å². The number of benzene rings is 1. The highest BCUT2D eigenvalue weighted by Crippen LogP contribution is 2.18. The minimum Gasteiger partial charge on any atom is -0.369 e. The molecule has 0 bridgehead atoms. The molecule has 0 saturated carbocycles. The monoisotopic (exact) mass is 400 g/mol. The first-order valence-electron chi connectivity index (χ1n) is 11.2. The fourth-order valence-electron chi connectivity index (χ4n) is 4.32. The second kappa shape index (κ2) is 10.6. The highest BCUT2D eigenvalue weighted by molar-refractivity contribution is 5.77. The van der Waals surface area contributed by atoms with Gasteiger partial charge in [0.05, 0.1) is 0 Å². The van der Waals surface area contributed by atoms with Gasteiger partial charge in [0, 0.05) is 70.4 Å². The van der Waals surface area contributed by atoms with Crippen molar-refractivity contribution in [2.45, 2.75) is 52.0 Å². The van der Waals surface area contributed by atoms with E-state index in [1.54, 1.807) is 0 Å². The third-order valence-electron chi connectivity index (χ3n) is 6.09. The van der Waals surface area contributed by atoms with Crippen molar-refractivity contribution in [3.63, 3.8) is 0 Å². The van der Waals surface area contributed by atoms with Gasteiger partial charge < -0.3 is 15.1 Å². The van der Waals surface area contributed by atoms with Crippen LogP contribution < -0.4 is 10.2 Å². The lowest BCUT2D eigenvalue weighted by atomic mass is 10.1. The normalized spacial score (nSPS) is 21.0. The quantitative estimate of drug-likeness (QED) is 0.797. The number of hydrogen-bond acceptors (Lipinski definition) is 4. The first kappa shape index (κ1) is 21.6. The van der Waals surface area contributed by atoms with Gasteiger partial charge in [0.25, 0.3) is 0 Å². The highest BCUT2D eigenvalue weighted by atomic mass is 16.2. The van der Waals surface area contributed by atoms with Crippen molar-refractivity contribution in [3.05, 3.63) is 29.8 Å². The lowest BCUT2D eigenvalue weighted by Gasteiger charge is -2.36. The molecule has 3 rings (SSSR count). The Kier molecular flexibility index (Phi) is 7.92. The summed E-state index contributed by atoms with van der Waals surface area (Å²) in [4.78, 5) is 31.2. The molecule has 1 atom stereocenters. The summed E-state index contributed by atoms with van der Waals surface area (Å²) in [6.07, 6.45) is 4.13. The Labute approximate surface area is 175 Å². The van der Waals surface area contributed by atoms with Crippen molar-refractivity contribution >= 4 is 17.5 Å². The summed E-state index contributed by atoms with van der Waals surface area (Å²) < 4.78 is 0. The van der Waals surface area contributed by atoms with Gasteiger partial charge in [-0.3, -0.25) is 14.5 Å². The van der Waals surface area contributed by atoms with E-state index in [0.717, 1.165) is 58.5 Å². The molecule has 2 aliphatic heterocycles. The van der Waals surface area contributed by atoms with Gasteiger partial charge in [-0.05, 0) is 43.9 Å². The molecular weight excluding hydrogens is 364 g/mol. The van der Waals surface area contributed by atoms with Crippen LogP contribution in [0.2, 0.25) is 0 Å². The van der Waals surface area contributed by atoms with E-state index < -0.39 is 0 Å². The zero-order valence-electron chi connectivity index (χ0n) is 18.0. The van der Waals surface area contributed by atoms with E-state index >= 15 is 0 Å². The fourth-order valence-corrected chi connectivity index (χ4v) is 4.32. The summed E-state index contributed by atoms with van der Waals surface area (Å²) >= 11 is 0. The van der Waals surface area contributed by atoms with Crippen molar-refractivity contribution in [1.82, 2.24) is 15.1 Å². The number of anilines is 1. The van der Waals surface area contributed by atoms with Gasteiger partial charge in [0.15, 0.2) is 0 Å². The van der Waals surface area contributed by atoms with Crippen LogP contribution in [0.1, 0.15) is 44.6 Å². The molecule has 2 amide bonds. The second-order valence-corrected chi connectivity index (χ2v) is 8.37. The van der Waals surface area contributed by atoms with Gasteiger partial charge in [0.1, 0.15) is 0 Å². The summed E-state index contributed by atoms with van der Waals surface area (Å²) in [5, 5.41) is 3.18. The lowest BCUT2D eigenvalue weighted by Crippen LogP contribution is -2.48. The van der Waals surface area contributed by atoms with Crippen molar-refractivity contribution in [1.29, 1.82) is 0 Å². The number of amides is 2. The maximum Gasteiger partial charge on any atom is 0.222 e. The number of carbonyl (C=O) groups is 2. The molecule has 29 heavy (non-hydrogen) atoms. The number of likely N-dealkylation sites (tertiary alicyclic amines) is 1. The average molecular weight is 401 g/mol. The van der Waals surface area contributed by atoms with Crippen LogP contribution in [-0.2, 0) is 9.59 Å². The molecule has 2 saturated heterocycles. The van der Waals surface area contributed by atoms with Gasteiger partial charge in [-0.2, -0.15) is 0 Å². The molecule has 1 aromatic rings. The van der Waals surface area contributed by atoms with Crippen molar-refractivity contribution in [3.8, 4) is 0 Å². The maximum absolute atomic E-state index is 12.5. The zero-order valence-corrected chi connectivity index (χ0v) is 18.0. The topological polar surface area (TPSA) is 55.9 Å². The van der Waals surface area contributed by atoms with Crippen LogP contribution in [0.15, 0.2) is 24.3 Å². The number of aryl methyl sites for hydroxylation is 1. The van der Waals surface area contributed by atoms with E-state index in [2.05, 4.69) is 46.3 Å². The number of piperazine rings is 1. The van der Waals surface area contributed by atoms with Crippen LogP contribution in [0.25, 0.3) is 0 Å². The molecule has 6 heteroatoms. The standard InChI is InChI=1S/C23H36N4O2/c1-3-23(29)27-11-5-4-8-20(18-27)24-22(28)10-12-25-13-15-26(16-14-25)21-9-6-7-19(2)17-21/h6-7,9,17,20H,3-5,8,10-16,18H2,1-2H3,(H,24,28). The van der Waals surface area contributed by atoms with Gasteiger partial charge in [-0.25, -0.2) is 0 Å². The number of rotatable bonds is 6. The van der Waals surface area contributed by atoms with Crippen LogP contribution in [0, 0.1) is 6.92 Å². The molecule has 160 valence electrons. The number of nitrogens with zero attached hydrogens (tertiary/aromatic N) is 3. The van der Waals surface area contributed by atoms with Crippen LogP contribution in [0.3, 0.4) is 0 Å². The molecule has 0 radical (unpaired) electrons. The van der Waals surface area contributed by atoms with Crippen LogP contribution in [0.5, 0.6) is 0 Å². The van der Waals surface area contributed by atoms with E-state index in [4.69, 9.17) is 0 Å². The number of hydrogen-bond donors (Lipinski definition) is 1. The smallest absolute Gasteiger partial charge is 0.222 e. The summed E-state index contributed by atoms with van der Waals surface area (Å²) in [6.45, 7) is 10.3. The van der Waals surface area contributed by atoms with E-state index in [1.165, 1.54) is 11.3 Å². The third kappa shape index (κ3) is 6.46. The second-order valence-electron chi connectivity index (χ2n) is 8.37. The summed E-state index contributed by atoms with van der Waals surface area (Å²) in [5.41, 5.74) is 2.58. The average Bonchev–Trinajstić information content (AvgIpc) is 2.97. The molecule has 1 N–H and O–H groups in total. The zero-order chi connectivity index (χ0) is 20.6. The summed E-state index contributed by atoms with van der Waals surface area (Å²) in [7, 11) is 0. The van der Waals surface area contributed by atoms with E-state index in [1.807, 2.05) is 11.8 Å². The Balaban J connectivity index is 1.39. The Hall–Kier alpha value is -2.08. The maximum atomic E-state index is 12.5. The molecule has 1 aromatic carbocycles. The van der Waals surface area contributed by atoms with E-state index in [9.17, 15) is 9.59 Å². The van der Waals surface area contributed by atoms with Gasteiger partial charge >= 0.3 is 0 Å². The Morgan fingerprint density at radius 1 is 1.10 bits per heavy atom. The third-order valence-corrected chi connectivity index (χ3v) is 6.09. The van der Waals surface area contributed by atoms with Gasteiger partial charge in [-0.15, -0.1) is 0 Å². The molecule has 2 heterocycles. The Bertz CT molecular complexity index is 685. The Morgan fingerprint density at radius 3 is 2.62 bits per heavy atom. The first-order chi connectivity index (χ1) is 14.0. The molecule has 0 aromatic heterocycles. The predicted molar refractivity (Wildman–Crippen MR) is 117 cm³/mol. The molecule has 2 aliphatic rings. The van der Waals surface area contributed by atoms with Crippen molar-refractivity contribution < 1.29 is 9.59 Å². The first-order valence-corrected chi connectivity index (χ1v) is 11.2. The number of nitrogens with one attached hydrogen (secondary N) is 1. The molecule has 6 nitrogen and oxygen atoms in total. The summed E-state index contributed by atoms with van der Waals surface area (Å²) in [6, 6.07) is 8.75. The van der Waals surface area contributed by atoms with Gasteiger partial charge in [-0.1, -0.05) is 19.1 Å². The van der Waals surface area contributed by atoms with Crippen LogP contribution >= 0.6 is 0 Å². The minimum absolute atomic E-state index is 0.0960. The summed E-state index contributed by atoms with van der Waals surface area (Å²) in [5.74, 6) is 0.305. The lowest BCUT2D eigenvalue weighted by molar-refractivity contribution is -0.131. The highest BCUT2D eigenvalue weighted by Gasteiger charge is 2.23. The van der Waals surface area contributed by atoms with Crippen LogP contribution in [-0.4, -0.2) is 73.5 Å². The predicted octanol–water partition coefficient (Wildman–Crippen LogP) is 2.41. The molecule has 0 spiro atoms. The van der Waals surface area contributed by atoms with Crippen molar-refractivity contribution in [2.75, 3.05) is 50.7 Å². The number of carbonyl (C=O) groups excluding carboxylic acids is 2. The SMILES string of the molecule is CCC(=O)N1CCCCC(NC(=O)CCN2CCN(c3cccc(C)c3)CC2)C1. The molecule has 0 aliphatic carbocycles.